The van der Waals surface area contributed by atoms with E-state index in [-0.39, 0.29) is 19.8 Å². The third kappa shape index (κ3) is 4.05. The van der Waals surface area contributed by atoms with Crippen LogP contribution < -0.4 is 0 Å². The van der Waals surface area contributed by atoms with E-state index in [1.54, 1.807) is 13.8 Å². The monoisotopic (exact) mass is 435 g/mol. The standard InChI is InChI=1S/C19H18BrNO6/c1-3-24-18(23)19(11-27-17(22)15-8-9-25-12(15)2)10-26-16(21-19)13-4-6-14(20)7-5-13/h4-9H,3,10-11H2,1-2H3/t19-/m1/s1. The van der Waals surface area contributed by atoms with Gasteiger partial charge >= 0.3 is 11.9 Å². The summed E-state index contributed by atoms with van der Waals surface area (Å²) >= 11 is 3.37. The number of halogens is 1. The Morgan fingerprint density at radius 3 is 2.59 bits per heavy atom. The first-order valence-electron chi connectivity index (χ1n) is 8.32. The number of aryl methyl sites for hydroxylation is 1. The van der Waals surface area contributed by atoms with Crippen molar-refractivity contribution in [1.82, 2.24) is 0 Å². The molecule has 0 bridgehead atoms. The molecule has 0 amide bonds. The van der Waals surface area contributed by atoms with Gasteiger partial charge in [0, 0.05) is 10.0 Å². The van der Waals surface area contributed by atoms with Crippen LogP contribution in [0.4, 0.5) is 0 Å². The molecule has 7 nitrogen and oxygen atoms in total. The van der Waals surface area contributed by atoms with E-state index >= 15 is 0 Å². The molecule has 0 saturated carbocycles. The van der Waals surface area contributed by atoms with Crippen LogP contribution in [0.2, 0.25) is 0 Å². The van der Waals surface area contributed by atoms with Crippen molar-refractivity contribution in [3.05, 3.63) is 58.0 Å². The highest BCUT2D eigenvalue weighted by molar-refractivity contribution is 9.10. The second-order valence-corrected chi connectivity index (χ2v) is 6.85. The lowest BCUT2D eigenvalue weighted by molar-refractivity contribution is -0.151. The van der Waals surface area contributed by atoms with Gasteiger partial charge < -0.3 is 18.6 Å². The molecule has 0 spiro atoms. The van der Waals surface area contributed by atoms with Crippen molar-refractivity contribution in [1.29, 1.82) is 0 Å². The van der Waals surface area contributed by atoms with E-state index in [0.29, 0.717) is 22.8 Å². The molecule has 8 heteroatoms. The molecule has 1 atom stereocenters. The lowest BCUT2D eigenvalue weighted by Gasteiger charge is -2.21. The zero-order valence-corrected chi connectivity index (χ0v) is 16.4. The molecule has 142 valence electrons. The molecule has 0 saturated heterocycles. The number of nitrogens with zero attached hydrogens (tertiary/aromatic N) is 1. The number of carbonyl (C=O) groups is 2. The largest absolute Gasteiger partial charge is 0.474 e. The highest BCUT2D eigenvalue weighted by Gasteiger charge is 2.47. The zero-order valence-electron chi connectivity index (χ0n) is 14.9. The molecule has 1 aromatic heterocycles. The van der Waals surface area contributed by atoms with Crippen LogP contribution in [0.25, 0.3) is 0 Å². The molecule has 3 rings (SSSR count). The maximum Gasteiger partial charge on any atom is 0.341 e. The molecular formula is C19H18BrNO6. The third-order valence-corrected chi connectivity index (χ3v) is 4.56. The SMILES string of the molecule is CCOC(=O)[C@]1(COC(=O)c2ccoc2C)COC(c2ccc(Br)cc2)=N1. The second kappa shape index (κ2) is 7.96. The molecule has 27 heavy (non-hydrogen) atoms. The summed E-state index contributed by atoms with van der Waals surface area (Å²) in [6.07, 6.45) is 1.40. The van der Waals surface area contributed by atoms with Crippen LogP contribution in [0.3, 0.4) is 0 Å². The summed E-state index contributed by atoms with van der Waals surface area (Å²) in [6, 6.07) is 8.81. The molecule has 0 aliphatic carbocycles. The maximum absolute atomic E-state index is 12.5. The van der Waals surface area contributed by atoms with Gasteiger partial charge in [-0.05, 0) is 44.2 Å². The third-order valence-electron chi connectivity index (χ3n) is 4.03. The summed E-state index contributed by atoms with van der Waals surface area (Å²) in [5.41, 5.74) is -0.433. The summed E-state index contributed by atoms with van der Waals surface area (Å²) in [5, 5.41) is 0. The quantitative estimate of drug-likeness (QED) is 0.646. The maximum atomic E-state index is 12.5. The van der Waals surface area contributed by atoms with Crippen molar-refractivity contribution in [3.63, 3.8) is 0 Å². The van der Waals surface area contributed by atoms with Gasteiger partial charge in [0.05, 0.1) is 12.9 Å². The smallest absolute Gasteiger partial charge is 0.341 e. The van der Waals surface area contributed by atoms with Crippen molar-refractivity contribution in [2.24, 2.45) is 4.99 Å². The van der Waals surface area contributed by atoms with Crippen molar-refractivity contribution in [2.45, 2.75) is 19.4 Å². The summed E-state index contributed by atoms with van der Waals surface area (Å²) in [7, 11) is 0. The number of aliphatic imine (C=N–C) groups is 1. The molecular weight excluding hydrogens is 418 g/mol. The van der Waals surface area contributed by atoms with Crippen LogP contribution in [0, 0.1) is 6.92 Å². The fraction of sp³-hybridized carbons (Fsp3) is 0.316. The van der Waals surface area contributed by atoms with E-state index in [1.807, 2.05) is 24.3 Å². The minimum Gasteiger partial charge on any atom is -0.474 e. The zero-order chi connectivity index (χ0) is 19.4. The number of furan rings is 1. The van der Waals surface area contributed by atoms with E-state index in [1.165, 1.54) is 12.3 Å². The lowest BCUT2D eigenvalue weighted by Crippen LogP contribution is -2.45. The minimum absolute atomic E-state index is 0.0745. The van der Waals surface area contributed by atoms with Crippen molar-refractivity contribution >= 4 is 33.8 Å². The van der Waals surface area contributed by atoms with Crippen LogP contribution in [0.1, 0.15) is 28.6 Å². The van der Waals surface area contributed by atoms with Gasteiger partial charge in [0.1, 0.15) is 24.5 Å². The Morgan fingerprint density at radius 1 is 1.22 bits per heavy atom. The van der Waals surface area contributed by atoms with Crippen molar-refractivity contribution in [2.75, 3.05) is 19.8 Å². The number of hydrogen-bond acceptors (Lipinski definition) is 7. The Hall–Kier alpha value is -2.61. The van der Waals surface area contributed by atoms with Gasteiger partial charge in [0.25, 0.3) is 0 Å². The van der Waals surface area contributed by atoms with Crippen LogP contribution >= 0.6 is 15.9 Å². The summed E-state index contributed by atoms with van der Waals surface area (Å²) in [5.74, 6) is -0.468. The number of carbonyl (C=O) groups excluding carboxylic acids is 2. The van der Waals surface area contributed by atoms with Gasteiger partial charge in [0.2, 0.25) is 11.4 Å². The van der Waals surface area contributed by atoms with E-state index in [4.69, 9.17) is 18.6 Å². The summed E-state index contributed by atoms with van der Waals surface area (Å²) in [6.45, 7) is 3.16. The van der Waals surface area contributed by atoms with Gasteiger partial charge in [0.15, 0.2) is 0 Å². The summed E-state index contributed by atoms with van der Waals surface area (Å²) in [4.78, 5) is 29.2. The van der Waals surface area contributed by atoms with Crippen LogP contribution in [0.5, 0.6) is 0 Å². The van der Waals surface area contributed by atoms with Crippen molar-refractivity contribution in [3.8, 4) is 0 Å². The van der Waals surface area contributed by atoms with E-state index in [0.717, 1.165) is 4.47 Å². The first-order chi connectivity index (χ1) is 12.9. The highest BCUT2D eigenvalue weighted by Crippen LogP contribution is 2.26. The Balaban J connectivity index is 1.83. The Labute approximate surface area is 164 Å². The van der Waals surface area contributed by atoms with E-state index in [2.05, 4.69) is 20.9 Å². The summed E-state index contributed by atoms with van der Waals surface area (Å²) < 4.78 is 22.1. The molecule has 0 radical (unpaired) electrons. The molecule has 2 heterocycles. The van der Waals surface area contributed by atoms with Crippen LogP contribution in [-0.2, 0) is 19.0 Å². The average molecular weight is 436 g/mol. The molecule has 1 aliphatic heterocycles. The van der Waals surface area contributed by atoms with Gasteiger partial charge in [-0.3, -0.25) is 0 Å². The van der Waals surface area contributed by atoms with Gasteiger partial charge in [-0.2, -0.15) is 0 Å². The number of rotatable bonds is 6. The number of esters is 2. The highest BCUT2D eigenvalue weighted by atomic mass is 79.9. The predicted molar refractivity (Wildman–Crippen MR) is 99.7 cm³/mol. The Kier molecular flexibility index (Phi) is 5.65. The van der Waals surface area contributed by atoms with E-state index in [9.17, 15) is 9.59 Å². The average Bonchev–Trinajstić information content (AvgIpc) is 3.28. The fourth-order valence-electron chi connectivity index (χ4n) is 2.55. The molecule has 1 aliphatic rings. The van der Waals surface area contributed by atoms with Gasteiger partial charge in [-0.25, -0.2) is 14.6 Å². The molecule has 0 N–H and O–H groups in total. The normalized spacial score (nSPS) is 18.6. The van der Waals surface area contributed by atoms with E-state index < -0.39 is 17.5 Å². The van der Waals surface area contributed by atoms with Crippen molar-refractivity contribution < 1.29 is 28.2 Å². The number of benzene rings is 1. The Bertz CT molecular complexity index is 873. The number of ether oxygens (including phenoxy) is 3. The van der Waals surface area contributed by atoms with Crippen LogP contribution in [0.15, 0.2) is 50.5 Å². The molecule has 2 aromatic rings. The molecule has 0 fully saturated rings. The topological polar surface area (TPSA) is 87.3 Å². The second-order valence-electron chi connectivity index (χ2n) is 5.93. The minimum atomic E-state index is -1.44. The lowest BCUT2D eigenvalue weighted by atomic mass is 10.0. The van der Waals surface area contributed by atoms with Gasteiger partial charge in [-0.15, -0.1) is 0 Å². The van der Waals surface area contributed by atoms with Gasteiger partial charge in [-0.1, -0.05) is 15.9 Å². The molecule has 1 aromatic carbocycles. The van der Waals surface area contributed by atoms with Crippen LogP contribution in [-0.4, -0.2) is 43.2 Å². The first kappa shape index (κ1) is 19.2. The predicted octanol–water partition coefficient (Wildman–Crippen LogP) is 3.29. The Morgan fingerprint density at radius 2 is 1.96 bits per heavy atom. The molecule has 0 unspecified atom stereocenters. The number of hydrogen-bond donors (Lipinski definition) is 0. The fourth-order valence-corrected chi connectivity index (χ4v) is 2.81. The first-order valence-corrected chi connectivity index (χ1v) is 9.11.